The number of nitrogens with zero attached hydrogens (tertiary/aromatic N) is 5. The largest absolute Gasteiger partial charge is 0.379 e. The third-order valence-corrected chi connectivity index (χ3v) is 4.93. The summed E-state index contributed by atoms with van der Waals surface area (Å²) in [6.45, 7) is 9.65. The van der Waals surface area contributed by atoms with Crippen LogP contribution < -0.4 is 5.32 Å². The maximum atomic E-state index is 5.39. The Kier molecular flexibility index (Phi) is 4.81. The van der Waals surface area contributed by atoms with Gasteiger partial charge in [0.1, 0.15) is 12.1 Å². The van der Waals surface area contributed by atoms with E-state index in [0.29, 0.717) is 0 Å². The highest BCUT2D eigenvalue weighted by Crippen LogP contribution is 2.22. The van der Waals surface area contributed by atoms with E-state index in [0.717, 1.165) is 61.9 Å². The molecule has 0 amide bonds. The van der Waals surface area contributed by atoms with Crippen molar-refractivity contribution in [3.8, 4) is 5.69 Å². The molecule has 0 unspecified atom stereocenters. The van der Waals surface area contributed by atoms with Crippen LogP contribution in [0.2, 0.25) is 0 Å². The fourth-order valence-corrected chi connectivity index (χ4v) is 3.19. The summed E-state index contributed by atoms with van der Waals surface area (Å²) in [6.07, 6.45) is 3.43. The summed E-state index contributed by atoms with van der Waals surface area (Å²) in [5.74, 6) is 0.832. The van der Waals surface area contributed by atoms with E-state index in [-0.39, 0.29) is 0 Å². The zero-order valence-corrected chi connectivity index (χ0v) is 15.3. The molecule has 1 fully saturated rings. The molecular formula is C19H24N6O. The van der Waals surface area contributed by atoms with Crippen molar-refractivity contribution in [2.45, 2.75) is 13.8 Å². The Morgan fingerprint density at radius 2 is 1.96 bits per heavy atom. The molecule has 0 aliphatic carbocycles. The third-order valence-electron chi connectivity index (χ3n) is 4.93. The highest BCUT2D eigenvalue weighted by atomic mass is 16.5. The summed E-state index contributed by atoms with van der Waals surface area (Å²) in [5.41, 5.74) is 4.34. The topological polar surface area (TPSA) is 68.1 Å². The molecular weight excluding hydrogens is 328 g/mol. The van der Waals surface area contributed by atoms with Crippen LogP contribution in [0.5, 0.6) is 0 Å². The van der Waals surface area contributed by atoms with E-state index in [1.165, 1.54) is 11.1 Å². The van der Waals surface area contributed by atoms with Crippen LogP contribution in [0.15, 0.2) is 30.7 Å². The van der Waals surface area contributed by atoms with Gasteiger partial charge < -0.3 is 10.1 Å². The van der Waals surface area contributed by atoms with E-state index >= 15 is 0 Å². The van der Waals surface area contributed by atoms with Gasteiger partial charge in [0, 0.05) is 26.2 Å². The van der Waals surface area contributed by atoms with Crippen LogP contribution in [-0.4, -0.2) is 64.0 Å². The van der Waals surface area contributed by atoms with Crippen LogP contribution in [0.25, 0.3) is 16.7 Å². The number of ether oxygens (including phenoxy) is 1. The summed E-state index contributed by atoms with van der Waals surface area (Å²) >= 11 is 0. The fourth-order valence-electron chi connectivity index (χ4n) is 3.19. The van der Waals surface area contributed by atoms with Crippen molar-refractivity contribution in [3.05, 3.63) is 41.9 Å². The van der Waals surface area contributed by atoms with E-state index in [9.17, 15) is 0 Å². The predicted octanol–water partition coefficient (Wildman–Crippen LogP) is 2.18. The van der Waals surface area contributed by atoms with Gasteiger partial charge in [0.15, 0.2) is 5.65 Å². The Bertz CT molecular complexity index is 900. The summed E-state index contributed by atoms with van der Waals surface area (Å²) in [4.78, 5) is 11.3. The molecule has 136 valence electrons. The monoisotopic (exact) mass is 352 g/mol. The molecule has 0 atom stereocenters. The molecule has 0 saturated carbocycles. The highest BCUT2D eigenvalue weighted by molar-refractivity contribution is 5.87. The maximum Gasteiger partial charge on any atom is 0.168 e. The number of anilines is 1. The van der Waals surface area contributed by atoms with Crippen LogP contribution in [-0.2, 0) is 4.74 Å². The average molecular weight is 352 g/mol. The van der Waals surface area contributed by atoms with Crippen LogP contribution in [0.4, 0.5) is 5.82 Å². The first kappa shape index (κ1) is 16.9. The number of aryl methyl sites for hydroxylation is 2. The maximum absolute atomic E-state index is 5.39. The Morgan fingerprint density at radius 1 is 1.12 bits per heavy atom. The number of nitrogens with one attached hydrogen (secondary N) is 1. The quantitative estimate of drug-likeness (QED) is 0.759. The van der Waals surface area contributed by atoms with E-state index in [4.69, 9.17) is 4.74 Å². The van der Waals surface area contributed by atoms with E-state index < -0.39 is 0 Å². The second-order valence-corrected chi connectivity index (χ2v) is 6.67. The molecule has 3 heterocycles. The molecule has 26 heavy (non-hydrogen) atoms. The Morgan fingerprint density at radius 3 is 2.77 bits per heavy atom. The lowest BCUT2D eigenvalue weighted by atomic mass is 10.1. The summed E-state index contributed by atoms with van der Waals surface area (Å²) in [7, 11) is 0. The lowest BCUT2D eigenvalue weighted by Crippen LogP contribution is -2.39. The Balaban J connectivity index is 1.53. The summed E-state index contributed by atoms with van der Waals surface area (Å²) < 4.78 is 7.26. The second kappa shape index (κ2) is 7.39. The van der Waals surface area contributed by atoms with Gasteiger partial charge in [0.2, 0.25) is 0 Å². The minimum Gasteiger partial charge on any atom is -0.379 e. The third kappa shape index (κ3) is 3.40. The van der Waals surface area contributed by atoms with Gasteiger partial charge in [-0.1, -0.05) is 6.07 Å². The molecule has 1 aliphatic heterocycles. The number of fused-ring (bicyclic) bond motifs is 1. The van der Waals surface area contributed by atoms with Crippen molar-refractivity contribution in [1.82, 2.24) is 24.6 Å². The lowest BCUT2D eigenvalue weighted by molar-refractivity contribution is 0.0398. The molecule has 7 nitrogen and oxygen atoms in total. The average Bonchev–Trinajstić information content (AvgIpc) is 3.10. The normalized spacial score (nSPS) is 15.5. The first-order chi connectivity index (χ1) is 12.7. The number of hydrogen-bond donors (Lipinski definition) is 1. The highest BCUT2D eigenvalue weighted by Gasteiger charge is 2.13. The molecule has 1 saturated heterocycles. The molecule has 3 aromatic rings. The van der Waals surface area contributed by atoms with Gasteiger partial charge in [-0.05, 0) is 37.1 Å². The van der Waals surface area contributed by atoms with E-state index in [2.05, 4.69) is 57.3 Å². The van der Waals surface area contributed by atoms with Gasteiger partial charge in [-0.3, -0.25) is 4.90 Å². The Labute approximate surface area is 153 Å². The minimum absolute atomic E-state index is 0.817. The first-order valence-electron chi connectivity index (χ1n) is 9.03. The standard InChI is InChI=1S/C19H24N6O/c1-14-3-4-16(11-15(14)2)25-19-17(12-23-25)18(21-13-22-19)20-5-6-24-7-9-26-10-8-24/h3-4,11-13H,5-10H2,1-2H3,(H,20,21,22). The molecule has 1 N–H and O–H groups in total. The smallest absolute Gasteiger partial charge is 0.168 e. The minimum atomic E-state index is 0.817. The number of aromatic nitrogens is 4. The molecule has 0 spiro atoms. The van der Waals surface area contributed by atoms with Crippen molar-refractivity contribution in [2.75, 3.05) is 44.7 Å². The molecule has 4 rings (SSSR count). The van der Waals surface area contributed by atoms with Crippen LogP contribution in [0.3, 0.4) is 0 Å². The number of hydrogen-bond acceptors (Lipinski definition) is 6. The number of benzene rings is 1. The lowest BCUT2D eigenvalue weighted by Gasteiger charge is -2.26. The van der Waals surface area contributed by atoms with Crippen molar-refractivity contribution >= 4 is 16.9 Å². The van der Waals surface area contributed by atoms with Crippen LogP contribution >= 0.6 is 0 Å². The van der Waals surface area contributed by atoms with Gasteiger partial charge in [-0.25, -0.2) is 14.6 Å². The molecule has 1 aliphatic rings. The van der Waals surface area contributed by atoms with E-state index in [1.54, 1.807) is 6.33 Å². The van der Waals surface area contributed by atoms with Crippen molar-refractivity contribution in [2.24, 2.45) is 0 Å². The zero-order valence-electron chi connectivity index (χ0n) is 15.3. The molecule has 0 radical (unpaired) electrons. The number of rotatable bonds is 5. The SMILES string of the molecule is Cc1ccc(-n2ncc3c(NCCN4CCOCC4)ncnc32)cc1C. The van der Waals surface area contributed by atoms with Gasteiger partial charge in [0.05, 0.1) is 30.5 Å². The number of morpholine rings is 1. The molecule has 0 bridgehead atoms. The van der Waals surface area contributed by atoms with Crippen molar-refractivity contribution in [3.63, 3.8) is 0 Å². The van der Waals surface area contributed by atoms with Crippen molar-refractivity contribution < 1.29 is 4.74 Å². The summed E-state index contributed by atoms with van der Waals surface area (Å²) in [6, 6.07) is 6.32. The first-order valence-corrected chi connectivity index (χ1v) is 9.03. The van der Waals surface area contributed by atoms with Gasteiger partial charge in [-0.2, -0.15) is 5.10 Å². The van der Waals surface area contributed by atoms with Crippen LogP contribution in [0, 0.1) is 13.8 Å². The zero-order chi connectivity index (χ0) is 17.9. The Hall–Kier alpha value is -2.51. The van der Waals surface area contributed by atoms with Crippen LogP contribution in [0.1, 0.15) is 11.1 Å². The predicted molar refractivity (Wildman–Crippen MR) is 102 cm³/mol. The second-order valence-electron chi connectivity index (χ2n) is 6.67. The van der Waals surface area contributed by atoms with Gasteiger partial charge >= 0.3 is 0 Å². The van der Waals surface area contributed by atoms with Crippen molar-refractivity contribution in [1.29, 1.82) is 0 Å². The van der Waals surface area contributed by atoms with Gasteiger partial charge in [0.25, 0.3) is 0 Å². The summed E-state index contributed by atoms with van der Waals surface area (Å²) in [5, 5.41) is 8.91. The van der Waals surface area contributed by atoms with Gasteiger partial charge in [-0.15, -0.1) is 0 Å². The fraction of sp³-hybridized carbons (Fsp3) is 0.421. The van der Waals surface area contributed by atoms with E-state index in [1.807, 2.05) is 10.9 Å². The molecule has 7 heteroatoms. The molecule has 2 aromatic heterocycles. The molecule has 1 aromatic carbocycles.